The number of nitrogens with one attached hydrogen (secondary N) is 3. The molecule has 3 N–H and O–H groups in total. The second kappa shape index (κ2) is 5.78. The SMILES string of the molecule is C1CNCCN1.Cc1nc(C)c(C)[nH]1. The molecule has 4 heteroatoms. The molecule has 0 atom stereocenters. The van der Waals surface area contributed by atoms with Gasteiger partial charge in [-0.2, -0.15) is 0 Å². The first-order chi connectivity index (χ1) is 6.70. The predicted octanol–water partition coefficient (Wildman–Crippen LogP) is 0.514. The summed E-state index contributed by atoms with van der Waals surface area (Å²) in [4.78, 5) is 7.25. The molecule has 1 fully saturated rings. The zero-order chi connectivity index (χ0) is 10.4. The topological polar surface area (TPSA) is 52.7 Å². The van der Waals surface area contributed by atoms with Gasteiger partial charge in [-0.25, -0.2) is 4.98 Å². The van der Waals surface area contributed by atoms with Gasteiger partial charge in [-0.3, -0.25) is 0 Å². The summed E-state index contributed by atoms with van der Waals surface area (Å²) < 4.78 is 0. The van der Waals surface area contributed by atoms with Crippen molar-refractivity contribution in [2.24, 2.45) is 0 Å². The molecule has 0 amide bonds. The normalized spacial score (nSPS) is 15.9. The van der Waals surface area contributed by atoms with Gasteiger partial charge in [-0.05, 0) is 20.8 Å². The van der Waals surface area contributed by atoms with Gasteiger partial charge in [-0.1, -0.05) is 0 Å². The van der Waals surface area contributed by atoms with Crippen LogP contribution in [0, 0.1) is 20.8 Å². The van der Waals surface area contributed by atoms with Gasteiger partial charge in [0.15, 0.2) is 0 Å². The Bertz CT molecular complexity index is 232. The molecule has 0 bridgehead atoms. The van der Waals surface area contributed by atoms with Crippen molar-refractivity contribution >= 4 is 0 Å². The van der Waals surface area contributed by atoms with Gasteiger partial charge in [-0.15, -0.1) is 0 Å². The smallest absolute Gasteiger partial charge is 0.103 e. The van der Waals surface area contributed by atoms with Crippen LogP contribution >= 0.6 is 0 Å². The molecule has 1 saturated heterocycles. The van der Waals surface area contributed by atoms with E-state index in [1.165, 1.54) is 5.69 Å². The average Bonchev–Trinajstić information content (AvgIpc) is 2.48. The first kappa shape index (κ1) is 11.2. The number of hydrogen-bond donors (Lipinski definition) is 3. The lowest BCUT2D eigenvalue weighted by atomic mass is 10.4. The molecule has 0 unspecified atom stereocenters. The van der Waals surface area contributed by atoms with Crippen molar-refractivity contribution in [2.45, 2.75) is 20.8 Å². The summed E-state index contributed by atoms with van der Waals surface area (Å²) in [6.45, 7) is 10.5. The number of aromatic amines is 1. The van der Waals surface area contributed by atoms with Gasteiger partial charge in [0.1, 0.15) is 5.82 Å². The Kier molecular flexibility index (Phi) is 4.62. The summed E-state index contributed by atoms with van der Waals surface area (Å²) in [5, 5.41) is 6.44. The highest BCUT2D eigenvalue weighted by Crippen LogP contribution is 1.99. The molecule has 0 saturated carbocycles. The van der Waals surface area contributed by atoms with Crippen LogP contribution in [-0.4, -0.2) is 36.1 Å². The maximum Gasteiger partial charge on any atom is 0.103 e. The summed E-state index contributed by atoms with van der Waals surface area (Å²) >= 11 is 0. The number of hydrogen-bond acceptors (Lipinski definition) is 3. The van der Waals surface area contributed by atoms with Crippen molar-refractivity contribution in [2.75, 3.05) is 26.2 Å². The van der Waals surface area contributed by atoms with E-state index in [2.05, 4.69) is 20.6 Å². The van der Waals surface area contributed by atoms with Crippen molar-refractivity contribution in [3.63, 3.8) is 0 Å². The highest BCUT2D eigenvalue weighted by Gasteiger charge is 1.94. The van der Waals surface area contributed by atoms with Crippen molar-refractivity contribution in [3.05, 3.63) is 17.2 Å². The lowest BCUT2D eigenvalue weighted by molar-refractivity contribution is 0.534. The molecule has 0 spiro atoms. The molecule has 1 aromatic rings. The quantitative estimate of drug-likeness (QED) is 0.567. The maximum absolute atomic E-state index is 4.16. The number of piperazine rings is 1. The second-order valence-electron chi connectivity index (χ2n) is 3.53. The van der Waals surface area contributed by atoms with Crippen LogP contribution in [0.3, 0.4) is 0 Å². The van der Waals surface area contributed by atoms with Crippen LogP contribution in [0.4, 0.5) is 0 Å². The Labute approximate surface area is 85.5 Å². The fourth-order valence-electron chi connectivity index (χ4n) is 1.33. The van der Waals surface area contributed by atoms with E-state index >= 15 is 0 Å². The van der Waals surface area contributed by atoms with Gasteiger partial charge in [0.05, 0.1) is 5.69 Å². The number of nitrogens with zero attached hydrogens (tertiary/aromatic N) is 1. The Hall–Kier alpha value is -0.870. The fourth-order valence-corrected chi connectivity index (χ4v) is 1.33. The van der Waals surface area contributed by atoms with E-state index in [4.69, 9.17) is 0 Å². The van der Waals surface area contributed by atoms with E-state index in [-0.39, 0.29) is 0 Å². The van der Waals surface area contributed by atoms with Crippen LogP contribution in [0.15, 0.2) is 0 Å². The van der Waals surface area contributed by atoms with E-state index in [1.54, 1.807) is 0 Å². The third kappa shape index (κ3) is 3.89. The van der Waals surface area contributed by atoms with Gasteiger partial charge in [0, 0.05) is 31.9 Å². The Morgan fingerprint density at radius 2 is 1.43 bits per heavy atom. The molecule has 1 aliphatic rings. The van der Waals surface area contributed by atoms with E-state index < -0.39 is 0 Å². The van der Waals surface area contributed by atoms with E-state index in [0.29, 0.717) is 0 Å². The van der Waals surface area contributed by atoms with Gasteiger partial charge < -0.3 is 15.6 Å². The van der Waals surface area contributed by atoms with Crippen LogP contribution in [0.25, 0.3) is 0 Å². The molecule has 0 aliphatic carbocycles. The molecule has 1 aromatic heterocycles. The number of aryl methyl sites for hydroxylation is 3. The minimum atomic E-state index is 1.00. The molecular weight excluding hydrogens is 176 g/mol. The summed E-state index contributed by atoms with van der Waals surface area (Å²) in [5.74, 6) is 1.00. The minimum absolute atomic E-state index is 1.00. The fraction of sp³-hybridized carbons (Fsp3) is 0.700. The summed E-state index contributed by atoms with van der Waals surface area (Å²) in [6, 6.07) is 0. The van der Waals surface area contributed by atoms with Gasteiger partial charge >= 0.3 is 0 Å². The van der Waals surface area contributed by atoms with Crippen LogP contribution in [0.2, 0.25) is 0 Å². The molecule has 80 valence electrons. The van der Waals surface area contributed by atoms with Crippen molar-refractivity contribution in [3.8, 4) is 0 Å². The van der Waals surface area contributed by atoms with E-state index in [0.717, 1.165) is 37.7 Å². The van der Waals surface area contributed by atoms with Crippen molar-refractivity contribution in [1.29, 1.82) is 0 Å². The zero-order valence-corrected chi connectivity index (χ0v) is 9.28. The van der Waals surface area contributed by atoms with Crippen molar-refractivity contribution < 1.29 is 0 Å². The summed E-state index contributed by atoms with van der Waals surface area (Å²) in [6.07, 6.45) is 0. The van der Waals surface area contributed by atoms with Crippen LogP contribution in [0.5, 0.6) is 0 Å². The third-order valence-electron chi connectivity index (χ3n) is 2.20. The van der Waals surface area contributed by atoms with E-state index in [9.17, 15) is 0 Å². The van der Waals surface area contributed by atoms with Gasteiger partial charge in [0.2, 0.25) is 0 Å². The predicted molar refractivity (Wildman–Crippen MR) is 58.5 cm³/mol. The van der Waals surface area contributed by atoms with Crippen LogP contribution in [0.1, 0.15) is 17.2 Å². The molecule has 2 rings (SSSR count). The standard InChI is InChI=1S/C6H10N2.C4H10N2/c1-4-5(2)8-6(3)7-4;1-2-6-4-3-5-1/h1-3H3,(H,7,8);5-6H,1-4H2. The average molecular weight is 196 g/mol. The third-order valence-corrected chi connectivity index (χ3v) is 2.20. The molecule has 2 heterocycles. The summed E-state index contributed by atoms with van der Waals surface area (Å²) in [7, 11) is 0. The zero-order valence-electron chi connectivity index (χ0n) is 9.28. The molecular formula is C10H20N4. The molecule has 0 aromatic carbocycles. The minimum Gasteiger partial charge on any atom is -0.346 e. The molecule has 14 heavy (non-hydrogen) atoms. The number of imidazole rings is 1. The maximum atomic E-state index is 4.16. The van der Waals surface area contributed by atoms with Crippen LogP contribution < -0.4 is 10.6 Å². The monoisotopic (exact) mass is 196 g/mol. The summed E-state index contributed by atoms with van der Waals surface area (Å²) in [5.41, 5.74) is 2.27. The molecule has 1 aliphatic heterocycles. The Morgan fingerprint density at radius 3 is 1.57 bits per heavy atom. The Morgan fingerprint density at radius 1 is 0.929 bits per heavy atom. The second-order valence-corrected chi connectivity index (χ2v) is 3.53. The Balaban J connectivity index is 0.000000146. The number of aromatic nitrogens is 2. The number of rotatable bonds is 0. The number of H-pyrrole nitrogens is 1. The first-order valence-electron chi connectivity index (χ1n) is 5.11. The lowest BCUT2D eigenvalue weighted by Gasteiger charge is -2.11. The lowest BCUT2D eigenvalue weighted by Crippen LogP contribution is -2.39. The first-order valence-corrected chi connectivity index (χ1v) is 5.11. The largest absolute Gasteiger partial charge is 0.346 e. The van der Waals surface area contributed by atoms with E-state index in [1.807, 2.05) is 20.8 Å². The van der Waals surface area contributed by atoms with Crippen LogP contribution in [-0.2, 0) is 0 Å². The highest BCUT2D eigenvalue weighted by molar-refractivity contribution is 5.09. The molecule has 4 nitrogen and oxygen atoms in total. The molecule has 0 radical (unpaired) electrons. The van der Waals surface area contributed by atoms with Crippen molar-refractivity contribution in [1.82, 2.24) is 20.6 Å². The van der Waals surface area contributed by atoms with Gasteiger partial charge in [0.25, 0.3) is 0 Å². The highest BCUT2D eigenvalue weighted by atomic mass is 15.0.